The van der Waals surface area contributed by atoms with Crippen molar-refractivity contribution in [2.75, 3.05) is 13.1 Å². The summed E-state index contributed by atoms with van der Waals surface area (Å²) in [5, 5.41) is 28.1. The summed E-state index contributed by atoms with van der Waals surface area (Å²) in [6, 6.07) is 6.81. The van der Waals surface area contributed by atoms with Crippen LogP contribution < -0.4 is 10.6 Å². The number of unbranched alkanes of at least 4 members (excludes halogenated alkanes) is 6. The van der Waals surface area contributed by atoms with E-state index >= 15 is 0 Å². The van der Waals surface area contributed by atoms with Crippen LogP contribution in [-0.4, -0.2) is 52.5 Å². The summed E-state index contributed by atoms with van der Waals surface area (Å²) in [4.78, 5) is 44.0. The van der Waals surface area contributed by atoms with Gasteiger partial charge in [-0.2, -0.15) is 0 Å². The Labute approximate surface area is 298 Å². The van der Waals surface area contributed by atoms with Gasteiger partial charge in [0, 0.05) is 53.5 Å². The van der Waals surface area contributed by atoms with E-state index in [1.54, 1.807) is 0 Å². The minimum atomic E-state index is -0.642. The summed E-state index contributed by atoms with van der Waals surface area (Å²) in [5.74, 6) is -0.869. The Morgan fingerprint density at radius 3 is 2.50 bits per heavy atom. The number of phenols is 2. The Kier molecular flexibility index (Phi) is 9.57. The van der Waals surface area contributed by atoms with Crippen molar-refractivity contribution in [1.82, 2.24) is 10.6 Å². The van der Waals surface area contributed by atoms with Gasteiger partial charge >= 0.3 is 0 Å². The second-order valence-corrected chi connectivity index (χ2v) is 14.9. The van der Waals surface area contributed by atoms with Crippen LogP contribution in [-0.2, 0) is 0 Å². The third kappa shape index (κ3) is 6.34. The molecular formula is C41H44ClN3O5. The number of ketones is 2. The molecule has 1 spiro atoms. The molecule has 0 saturated heterocycles. The maximum Gasteiger partial charge on any atom is 0.251 e. The zero-order valence-corrected chi connectivity index (χ0v) is 29.2. The predicted octanol–water partition coefficient (Wildman–Crippen LogP) is 7.69. The molecule has 7 rings (SSSR count). The number of halogens is 1. The van der Waals surface area contributed by atoms with E-state index in [1.807, 2.05) is 6.21 Å². The number of hydrogen-bond donors (Lipinski definition) is 4. The van der Waals surface area contributed by atoms with Gasteiger partial charge in [-0.3, -0.25) is 19.4 Å². The van der Waals surface area contributed by atoms with Crippen molar-refractivity contribution in [2.24, 2.45) is 22.7 Å². The van der Waals surface area contributed by atoms with Crippen LogP contribution in [0.1, 0.15) is 113 Å². The van der Waals surface area contributed by atoms with E-state index in [9.17, 15) is 24.6 Å². The van der Waals surface area contributed by atoms with E-state index in [0.717, 1.165) is 64.3 Å². The Hall–Kier alpha value is -4.43. The zero-order chi connectivity index (χ0) is 35.0. The van der Waals surface area contributed by atoms with E-state index in [4.69, 9.17) is 16.6 Å². The lowest BCUT2D eigenvalue weighted by atomic mass is 9.66. The fourth-order valence-electron chi connectivity index (χ4n) is 8.64. The largest absolute Gasteiger partial charge is 0.507 e. The maximum absolute atomic E-state index is 13.1. The van der Waals surface area contributed by atoms with Crippen molar-refractivity contribution >= 4 is 35.3 Å². The van der Waals surface area contributed by atoms with Crippen LogP contribution >= 0.6 is 11.6 Å². The number of nitrogens with one attached hydrogen (secondary N) is 2. The molecule has 0 fully saturated rings. The Morgan fingerprint density at radius 1 is 0.960 bits per heavy atom. The Bertz CT molecular complexity index is 1900. The summed E-state index contributed by atoms with van der Waals surface area (Å²) in [6.45, 7) is 3.70. The molecule has 4 bridgehead atoms. The van der Waals surface area contributed by atoms with E-state index in [1.165, 1.54) is 53.6 Å². The molecule has 4 atom stereocenters. The molecule has 0 radical (unpaired) electrons. The molecule has 0 aromatic heterocycles. The Balaban J connectivity index is 0.829. The molecule has 0 saturated carbocycles. The molecule has 1 heterocycles. The highest BCUT2D eigenvalue weighted by molar-refractivity contribution is 6.39. The topological polar surface area (TPSA) is 128 Å². The van der Waals surface area contributed by atoms with Crippen molar-refractivity contribution in [2.45, 2.75) is 76.7 Å². The summed E-state index contributed by atoms with van der Waals surface area (Å²) in [7, 11) is 0. The number of aromatic hydroxyl groups is 2. The lowest BCUT2D eigenvalue weighted by Gasteiger charge is -2.43. The quantitative estimate of drug-likeness (QED) is 0.114. The van der Waals surface area contributed by atoms with Gasteiger partial charge in [0.05, 0.1) is 16.2 Å². The highest BCUT2D eigenvalue weighted by atomic mass is 35.5. The molecule has 4 aliphatic carbocycles. The second-order valence-electron chi connectivity index (χ2n) is 14.5. The van der Waals surface area contributed by atoms with Gasteiger partial charge in [-0.15, -0.1) is 0 Å². The number of rotatable bonds is 12. The van der Waals surface area contributed by atoms with Gasteiger partial charge in [0.2, 0.25) is 5.78 Å². The highest BCUT2D eigenvalue weighted by Gasteiger charge is 2.50. The number of fused-ring (bicyclic) bond motifs is 3. The van der Waals surface area contributed by atoms with Crippen LogP contribution in [0.5, 0.6) is 11.5 Å². The highest BCUT2D eigenvalue weighted by Crippen LogP contribution is 2.53. The van der Waals surface area contributed by atoms with Crippen molar-refractivity contribution in [3.63, 3.8) is 0 Å². The number of dihydropyridines is 1. The van der Waals surface area contributed by atoms with Crippen molar-refractivity contribution < 1.29 is 24.6 Å². The zero-order valence-electron chi connectivity index (χ0n) is 28.4. The molecule has 4 N–H and O–H groups in total. The second kappa shape index (κ2) is 14.1. The number of carbonyl (C=O) groups is 3. The molecule has 4 unspecified atom stereocenters. The summed E-state index contributed by atoms with van der Waals surface area (Å²) in [5.41, 5.74) is 3.51. The number of nitrogens with zero attached hydrogens (tertiary/aromatic N) is 1. The molecule has 2 aromatic rings. The normalized spacial score (nSPS) is 24.5. The summed E-state index contributed by atoms with van der Waals surface area (Å²) < 4.78 is 0. The smallest absolute Gasteiger partial charge is 0.251 e. The first kappa shape index (κ1) is 34.0. The molecule has 2 aromatic carbocycles. The summed E-state index contributed by atoms with van der Waals surface area (Å²) >= 11 is 6.38. The van der Waals surface area contributed by atoms with Crippen LogP contribution in [0.2, 0.25) is 0 Å². The lowest BCUT2D eigenvalue weighted by Crippen LogP contribution is -2.43. The molecule has 1 aliphatic heterocycles. The first-order chi connectivity index (χ1) is 24.2. The first-order valence-corrected chi connectivity index (χ1v) is 18.4. The van der Waals surface area contributed by atoms with Crippen LogP contribution in [0.4, 0.5) is 0 Å². The van der Waals surface area contributed by atoms with E-state index in [-0.39, 0.29) is 39.1 Å². The molecule has 1 amide bonds. The molecule has 5 aliphatic rings. The van der Waals surface area contributed by atoms with Crippen molar-refractivity contribution in [3.05, 3.63) is 104 Å². The molecule has 8 nitrogen and oxygen atoms in total. The molecular weight excluding hydrogens is 650 g/mol. The van der Waals surface area contributed by atoms with Crippen LogP contribution in [0.25, 0.3) is 0 Å². The third-order valence-corrected chi connectivity index (χ3v) is 11.3. The van der Waals surface area contributed by atoms with Gasteiger partial charge in [0.1, 0.15) is 17.0 Å². The minimum absolute atomic E-state index is 0.0380. The number of benzene rings is 2. The van der Waals surface area contributed by atoms with Crippen molar-refractivity contribution in [1.29, 1.82) is 0 Å². The van der Waals surface area contributed by atoms with Crippen LogP contribution in [0.3, 0.4) is 0 Å². The standard InChI is InChI=1S/C41H44ClN3O5/c1-24-16-26-18-25-12-13-28-21-29(42)23-45-41(28,32(25)17-24)22-33(26)43-14-7-5-3-2-4-6-8-15-44-40(50)27-19-31-37(35(47)20-27)39(49)36-30(38(31)48)10-9-11-34(36)46/h9-11,13,17,19-23,25-26,32,43,46-47H,2-8,12,14-16,18H2,1H3,(H,44,50). The SMILES string of the molecule is CC1=CC2C3CC=C4C=C(Cl)C=NC42C=C(NCCCCCCCCCNC(=O)c2cc(O)c4c(c2)C(=O)c2cccc(O)c2C4=O)C(C1)C3. The summed E-state index contributed by atoms with van der Waals surface area (Å²) in [6.07, 6.45) is 22.1. The van der Waals surface area contributed by atoms with Gasteiger partial charge in [-0.1, -0.05) is 73.6 Å². The fraction of sp³-hybridized carbons (Fsp3) is 0.415. The van der Waals surface area contributed by atoms with Gasteiger partial charge in [-0.05, 0) is 80.9 Å². The van der Waals surface area contributed by atoms with E-state index < -0.39 is 23.2 Å². The van der Waals surface area contributed by atoms with Crippen molar-refractivity contribution in [3.8, 4) is 11.5 Å². The number of amides is 1. The average Bonchev–Trinajstić information content (AvgIpc) is 3.30. The minimum Gasteiger partial charge on any atom is -0.507 e. The monoisotopic (exact) mass is 693 g/mol. The van der Waals surface area contributed by atoms with Gasteiger partial charge < -0.3 is 20.8 Å². The number of carbonyl (C=O) groups excluding carboxylic acids is 3. The third-order valence-electron chi connectivity index (χ3n) is 11.1. The number of allylic oxidation sites excluding steroid dienone is 4. The van der Waals surface area contributed by atoms with Gasteiger partial charge in [0.15, 0.2) is 5.78 Å². The fourth-order valence-corrected chi connectivity index (χ4v) is 8.80. The average molecular weight is 694 g/mol. The van der Waals surface area contributed by atoms with E-state index in [2.05, 4.69) is 41.9 Å². The molecule has 9 heteroatoms. The predicted molar refractivity (Wildman–Crippen MR) is 195 cm³/mol. The first-order valence-electron chi connectivity index (χ1n) is 18.0. The number of hydrogen-bond acceptors (Lipinski definition) is 7. The van der Waals surface area contributed by atoms with Gasteiger partial charge in [0.25, 0.3) is 5.91 Å². The van der Waals surface area contributed by atoms with Crippen LogP contribution in [0.15, 0.2) is 81.5 Å². The number of phenolic OH excluding ortho intramolecular Hbond substituents is 2. The Morgan fingerprint density at radius 2 is 1.70 bits per heavy atom. The van der Waals surface area contributed by atoms with E-state index in [0.29, 0.717) is 29.3 Å². The van der Waals surface area contributed by atoms with Crippen LogP contribution in [0, 0.1) is 17.8 Å². The maximum atomic E-state index is 13.1. The molecule has 260 valence electrons. The number of aliphatic imine (C=N–C) groups is 1. The van der Waals surface area contributed by atoms with Gasteiger partial charge in [-0.25, -0.2) is 0 Å². The lowest BCUT2D eigenvalue weighted by molar-refractivity contribution is 0.0948. The molecule has 50 heavy (non-hydrogen) atoms.